The van der Waals surface area contributed by atoms with Crippen molar-refractivity contribution in [1.82, 2.24) is 4.72 Å². The van der Waals surface area contributed by atoms with Crippen molar-refractivity contribution in [2.24, 2.45) is 0 Å². The van der Waals surface area contributed by atoms with E-state index in [4.69, 9.17) is 0 Å². The summed E-state index contributed by atoms with van der Waals surface area (Å²) >= 11 is 1.50. The van der Waals surface area contributed by atoms with Crippen LogP contribution in [0.25, 0.3) is 0 Å². The predicted molar refractivity (Wildman–Crippen MR) is 112 cm³/mol. The highest BCUT2D eigenvalue weighted by Gasteiger charge is 2.32. The number of anilines is 2. The maximum Gasteiger partial charge on any atom is 0.243 e. The van der Waals surface area contributed by atoms with Crippen LogP contribution in [0.15, 0.2) is 52.3 Å². The molecule has 0 bridgehead atoms. The number of aromatic hydroxyl groups is 1. The third kappa shape index (κ3) is 4.42. The van der Waals surface area contributed by atoms with Crippen LogP contribution >= 0.6 is 11.8 Å². The Morgan fingerprint density at radius 3 is 2.63 bits per heavy atom. The van der Waals surface area contributed by atoms with Gasteiger partial charge in [-0.1, -0.05) is 44.9 Å². The minimum atomic E-state index is -3.71. The Labute approximate surface area is 165 Å². The molecule has 2 aromatic rings. The summed E-state index contributed by atoms with van der Waals surface area (Å²) < 4.78 is 28.9. The molecule has 0 saturated carbocycles. The Morgan fingerprint density at radius 2 is 1.96 bits per heavy atom. The number of hydrogen-bond acceptors (Lipinski definition) is 5. The minimum Gasteiger partial charge on any atom is -0.507 e. The number of para-hydroxylation sites is 1. The fraction of sp³-hybridized carbons (Fsp3) is 0.400. The Morgan fingerprint density at radius 1 is 1.22 bits per heavy atom. The van der Waals surface area contributed by atoms with Crippen LogP contribution in [-0.4, -0.2) is 31.9 Å². The molecular weight excluding hydrogens is 380 g/mol. The van der Waals surface area contributed by atoms with Gasteiger partial charge in [0.25, 0.3) is 0 Å². The molecule has 3 rings (SSSR count). The van der Waals surface area contributed by atoms with Crippen molar-refractivity contribution in [1.29, 1.82) is 0 Å². The molecule has 1 aliphatic heterocycles. The number of fused-ring (bicyclic) bond motifs is 1. The van der Waals surface area contributed by atoms with Crippen LogP contribution in [0.1, 0.15) is 33.1 Å². The summed E-state index contributed by atoms with van der Waals surface area (Å²) in [6.45, 7) is 4.66. The lowest BCUT2D eigenvalue weighted by molar-refractivity contribution is 0.460. The predicted octanol–water partition coefficient (Wildman–Crippen LogP) is 4.49. The van der Waals surface area contributed by atoms with Crippen molar-refractivity contribution in [2.45, 2.75) is 48.9 Å². The summed E-state index contributed by atoms with van der Waals surface area (Å²) in [5, 5.41) is 10.4. The van der Waals surface area contributed by atoms with Gasteiger partial charge in [0.2, 0.25) is 10.0 Å². The molecule has 1 heterocycles. The highest BCUT2D eigenvalue weighted by molar-refractivity contribution is 7.99. The first-order valence-electron chi connectivity index (χ1n) is 9.31. The number of nitrogens with one attached hydrogen (secondary N) is 1. The van der Waals surface area contributed by atoms with E-state index in [1.54, 1.807) is 6.07 Å². The molecule has 0 radical (unpaired) electrons. The first kappa shape index (κ1) is 20.0. The van der Waals surface area contributed by atoms with Gasteiger partial charge in [-0.2, -0.15) is 0 Å². The molecule has 2 aromatic carbocycles. The van der Waals surface area contributed by atoms with E-state index in [2.05, 4.69) is 11.6 Å². The number of thioether (sulfide) groups is 1. The lowest BCUT2D eigenvalue weighted by atomic mass is 10.1. The van der Waals surface area contributed by atoms with Gasteiger partial charge in [-0.25, -0.2) is 13.1 Å². The van der Waals surface area contributed by atoms with Gasteiger partial charge < -0.3 is 10.0 Å². The molecule has 0 amide bonds. The zero-order valence-corrected chi connectivity index (χ0v) is 17.3. The van der Waals surface area contributed by atoms with E-state index in [-0.39, 0.29) is 16.7 Å². The van der Waals surface area contributed by atoms with Crippen molar-refractivity contribution in [3.05, 3.63) is 42.5 Å². The van der Waals surface area contributed by atoms with E-state index in [0.29, 0.717) is 17.1 Å². The minimum absolute atomic E-state index is 0.00555. The van der Waals surface area contributed by atoms with Crippen LogP contribution in [0, 0.1) is 0 Å². The quantitative estimate of drug-likeness (QED) is 0.692. The van der Waals surface area contributed by atoms with Gasteiger partial charge in [-0.05, 0) is 30.4 Å². The van der Waals surface area contributed by atoms with Crippen molar-refractivity contribution in [3.63, 3.8) is 0 Å². The molecule has 0 fully saturated rings. The molecule has 0 aliphatic carbocycles. The van der Waals surface area contributed by atoms with Crippen LogP contribution < -0.4 is 9.62 Å². The van der Waals surface area contributed by atoms with E-state index in [1.165, 1.54) is 17.8 Å². The number of phenols is 1. The summed E-state index contributed by atoms with van der Waals surface area (Å²) in [7, 11) is -3.71. The van der Waals surface area contributed by atoms with Gasteiger partial charge in [0.05, 0.1) is 10.6 Å². The molecule has 7 heteroatoms. The third-order valence-electron chi connectivity index (χ3n) is 4.62. The van der Waals surface area contributed by atoms with Crippen LogP contribution in [0.3, 0.4) is 0 Å². The molecule has 0 spiro atoms. The number of rotatable bonds is 6. The Balaban J connectivity index is 2.16. The molecule has 146 valence electrons. The van der Waals surface area contributed by atoms with E-state index < -0.39 is 10.0 Å². The molecule has 0 aromatic heterocycles. The molecule has 2 N–H and O–H groups in total. The molecule has 1 unspecified atom stereocenters. The van der Waals surface area contributed by atoms with Crippen molar-refractivity contribution in [2.75, 3.05) is 17.2 Å². The number of unbranched alkanes of at least 4 members (excludes halogenated alkanes) is 1. The van der Waals surface area contributed by atoms with Crippen LogP contribution in [0.2, 0.25) is 0 Å². The lowest BCUT2D eigenvalue weighted by Gasteiger charge is -2.27. The molecule has 5 nitrogen and oxygen atoms in total. The second kappa shape index (κ2) is 8.54. The lowest BCUT2D eigenvalue weighted by Crippen LogP contribution is -2.39. The van der Waals surface area contributed by atoms with Gasteiger partial charge in [0, 0.05) is 24.3 Å². The third-order valence-corrected chi connectivity index (χ3v) is 7.10. The SMILES string of the molecule is CCCCC1CN(c2ccccc2)c2cc(SCC)c(O)cc2S(=O)(=O)N1. The second-order valence-electron chi connectivity index (χ2n) is 6.63. The first-order valence-corrected chi connectivity index (χ1v) is 11.8. The van der Waals surface area contributed by atoms with Crippen LogP contribution in [0.5, 0.6) is 5.75 Å². The summed E-state index contributed by atoms with van der Waals surface area (Å²) in [6.07, 6.45) is 2.73. The van der Waals surface area contributed by atoms with Crippen LogP contribution in [-0.2, 0) is 10.0 Å². The summed E-state index contributed by atoms with van der Waals surface area (Å²) in [5.74, 6) is 0.799. The van der Waals surface area contributed by atoms with E-state index in [1.807, 2.05) is 42.2 Å². The molecule has 27 heavy (non-hydrogen) atoms. The molecule has 1 aliphatic rings. The monoisotopic (exact) mass is 406 g/mol. The standard InChI is InChI=1S/C20H26N2O3S2/c1-3-5-9-15-14-22(16-10-7-6-8-11-16)17-12-19(26-4-2)18(23)13-20(17)27(24,25)21-15/h6-8,10-13,15,21,23H,3-5,9,14H2,1-2H3. The van der Waals surface area contributed by atoms with Crippen molar-refractivity contribution < 1.29 is 13.5 Å². The largest absolute Gasteiger partial charge is 0.507 e. The zero-order valence-electron chi connectivity index (χ0n) is 15.7. The van der Waals surface area contributed by atoms with Gasteiger partial charge in [0.1, 0.15) is 10.6 Å². The number of sulfonamides is 1. The fourth-order valence-electron chi connectivity index (χ4n) is 3.33. The van der Waals surface area contributed by atoms with Crippen molar-refractivity contribution >= 4 is 33.2 Å². The molecular formula is C20H26N2O3S2. The average molecular weight is 407 g/mol. The van der Waals surface area contributed by atoms with E-state index in [0.717, 1.165) is 30.7 Å². The smallest absolute Gasteiger partial charge is 0.243 e. The second-order valence-corrected chi connectivity index (χ2v) is 9.62. The summed E-state index contributed by atoms with van der Waals surface area (Å²) in [5.41, 5.74) is 1.55. The van der Waals surface area contributed by atoms with Crippen molar-refractivity contribution in [3.8, 4) is 5.75 Å². The number of nitrogens with zero attached hydrogens (tertiary/aromatic N) is 1. The van der Waals surface area contributed by atoms with Gasteiger partial charge >= 0.3 is 0 Å². The normalized spacial score (nSPS) is 18.7. The summed E-state index contributed by atoms with van der Waals surface area (Å²) in [6, 6.07) is 12.8. The van der Waals surface area contributed by atoms with E-state index in [9.17, 15) is 13.5 Å². The first-order chi connectivity index (χ1) is 13.0. The van der Waals surface area contributed by atoms with Gasteiger partial charge in [-0.15, -0.1) is 11.8 Å². The van der Waals surface area contributed by atoms with Gasteiger partial charge in [-0.3, -0.25) is 0 Å². The fourth-order valence-corrected chi connectivity index (χ4v) is 5.51. The zero-order chi connectivity index (χ0) is 19.4. The topological polar surface area (TPSA) is 69.6 Å². The van der Waals surface area contributed by atoms with Crippen LogP contribution in [0.4, 0.5) is 11.4 Å². The number of benzene rings is 2. The van der Waals surface area contributed by atoms with E-state index >= 15 is 0 Å². The summed E-state index contributed by atoms with van der Waals surface area (Å²) in [4.78, 5) is 2.87. The highest BCUT2D eigenvalue weighted by Crippen LogP contribution is 2.41. The Bertz CT molecular complexity index is 886. The number of phenolic OH excluding ortho intramolecular Hbond substituents is 1. The maximum absolute atomic E-state index is 13.0. The number of hydrogen-bond donors (Lipinski definition) is 2. The Kier molecular flexibility index (Phi) is 6.34. The maximum atomic E-state index is 13.0. The average Bonchev–Trinajstić information content (AvgIpc) is 2.76. The van der Waals surface area contributed by atoms with Gasteiger partial charge in [0.15, 0.2) is 0 Å². The molecule has 0 saturated heterocycles. The Hall–Kier alpha value is -1.70. The molecule has 1 atom stereocenters. The highest BCUT2D eigenvalue weighted by atomic mass is 32.2.